The van der Waals surface area contributed by atoms with Crippen molar-refractivity contribution >= 4 is 41.0 Å². The number of aryl methyl sites for hydroxylation is 1. The Balaban J connectivity index is 0.00000320. The van der Waals surface area contributed by atoms with Crippen LogP contribution in [0.25, 0.3) is 11.0 Å². The third-order valence-electron chi connectivity index (χ3n) is 4.64. The number of nitrogens with zero attached hydrogens (tertiary/aromatic N) is 3. The number of hydrogen-bond acceptors (Lipinski definition) is 4. The number of rotatable bonds is 9. The summed E-state index contributed by atoms with van der Waals surface area (Å²) in [7, 11) is 3.30. The van der Waals surface area contributed by atoms with Crippen molar-refractivity contribution in [2.24, 2.45) is 4.99 Å². The molecule has 0 aliphatic heterocycles. The van der Waals surface area contributed by atoms with Gasteiger partial charge in [0, 0.05) is 31.3 Å². The minimum Gasteiger partial charge on any atom is -0.497 e. The molecule has 7 nitrogen and oxygen atoms in total. The van der Waals surface area contributed by atoms with E-state index >= 15 is 0 Å². The Bertz CT molecular complexity index is 958. The van der Waals surface area contributed by atoms with E-state index in [0.29, 0.717) is 6.54 Å². The summed E-state index contributed by atoms with van der Waals surface area (Å²) in [6, 6.07) is 14.0. The summed E-state index contributed by atoms with van der Waals surface area (Å²) < 4.78 is 12.9. The Morgan fingerprint density at radius 3 is 2.70 bits per heavy atom. The summed E-state index contributed by atoms with van der Waals surface area (Å²) >= 11 is 0. The molecule has 0 radical (unpaired) electrons. The van der Waals surface area contributed by atoms with Crippen molar-refractivity contribution in [2.45, 2.75) is 26.4 Å². The summed E-state index contributed by atoms with van der Waals surface area (Å²) in [5.74, 6) is 2.34. The van der Waals surface area contributed by atoms with Crippen molar-refractivity contribution in [2.75, 3.05) is 27.3 Å². The topological polar surface area (TPSA) is 72.7 Å². The molecule has 0 spiro atoms. The third kappa shape index (κ3) is 6.25. The lowest BCUT2D eigenvalue weighted by molar-refractivity contribution is 0.391. The molecule has 0 saturated heterocycles. The maximum atomic E-state index is 5.46. The highest BCUT2D eigenvalue weighted by atomic mass is 127. The molecule has 8 heteroatoms. The second kappa shape index (κ2) is 12.3. The van der Waals surface area contributed by atoms with Crippen molar-refractivity contribution in [3.63, 3.8) is 0 Å². The Morgan fingerprint density at radius 2 is 1.93 bits per heavy atom. The normalized spacial score (nSPS) is 11.1. The number of aliphatic imine (C=N–C) groups is 1. The summed E-state index contributed by atoms with van der Waals surface area (Å²) in [4.78, 5) is 9.13. The average molecular weight is 523 g/mol. The van der Waals surface area contributed by atoms with E-state index in [1.807, 2.05) is 42.7 Å². The first kappa shape index (κ1) is 23.8. The van der Waals surface area contributed by atoms with Gasteiger partial charge in [-0.25, -0.2) is 9.98 Å². The van der Waals surface area contributed by atoms with E-state index in [0.717, 1.165) is 54.6 Å². The predicted octanol–water partition coefficient (Wildman–Crippen LogP) is 3.82. The van der Waals surface area contributed by atoms with Gasteiger partial charge >= 0.3 is 0 Å². The smallest absolute Gasteiger partial charge is 0.191 e. The fourth-order valence-electron chi connectivity index (χ4n) is 3.13. The lowest BCUT2D eigenvalue weighted by Crippen LogP contribution is -2.38. The van der Waals surface area contributed by atoms with E-state index in [1.54, 1.807) is 14.2 Å². The number of hydrogen-bond donors (Lipinski definition) is 2. The first-order chi connectivity index (χ1) is 14.2. The maximum Gasteiger partial charge on any atom is 0.191 e. The van der Waals surface area contributed by atoms with E-state index in [1.165, 1.54) is 5.52 Å². The number of halogens is 1. The molecule has 0 bridgehead atoms. The molecule has 0 fully saturated rings. The van der Waals surface area contributed by atoms with Gasteiger partial charge in [-0.3, -0.25) is 0 Å². The molecular weight excluding hydrogens is 493 g/mol. The van der Waals surface area contributed by atoms with Gasteiger partial charge in [-0.1, -0.05) is 12.1 Å². The highest BCUT2D eigenvalue weighted by Crippen LogP contribution is 2.25. The minimum atomic E-state index is 0. The molecule has 0 amide bonds. The summed E-state index contributed by atoms with van der Waals surface area (Å²) in [6.45, 7) is 5.10. The Labute approximate surface area is 194 Å². The van der Waals surface area contributed by atoms with E-state index < -0.39 is 0 Å². The second-order valence-corrected chi connectivity index (χ2v) is 6.58. The number of imidazole rings is 1. The molecule has 0 atom stereocenters. The van der Waals surface area contributed by atoms with Crippen molar-refractivity contribution in [3.8, 4) is 11.5 Å². The van der Waals surface area contributed by atoms with Crippen LogP contribution in [0.3, 0.4) is 0 Å². The van der Waals surface area contributed by atoms with Gasteiger partial charge in [-0.2, -0.15) is 0 Å². The third-order valence-corrected chi connectivity index (χ3v) is 4.64. The van der Waals surface area contributed by atoms with Crippen LogP contribution in [-0.2, 0) is 13.1 Å². The van der Waals surface area contributed by atoms with Gasteiger partial charge in [0.15, 0.2) is 5.96 Å². The van der Waals surface area contributed by atoms with Gasteiger partial charge in [0.1, 0.15) is 11.5 Å². The lowest BCUT2D eigenvalue weighted by Gasteiger charge is -2.13. The van der Waals surface area contributed by atoms with Crippen LogP contribution >= 0.6 is 24.0 Å². The van der Waals surface area contributed by atoms with Crippen LogP contribution in [0.15, 0.2) is 53.8 Å². The molecule has 0 unspecified atom stereocenters. The van der Waals surface area contributed by atoms with Crippen LogP contribution in [0, 0.1) is 0 Å². The summed E-state index contributed by atoms with van der Waals surface area (Å²) in [5, 5.41) is 6.69. The lowest BCUT2D eigenvalue weighted by atomic mass is 10.2. The number of methoxy groups -OCH3 is 2. The maximum absolute atomic E-state index is 5.46. The Morgan fingerprint density at radius 1 is 1.10 bits per heavy atom. The molecule has 0 saturated carbocycles. The fraction of sp³-hybridized carbons (Fsp3) is 0.364. The zero-order valence-corrected chi connectivity index (χ0v) is 20.1. The molecule has 2 aromatic carbocycles. The largest absolute Gasteiger partial charge is 0.497 e. The molecule has 0 aliphatic rings. The van der Waals surface area contributed by atoms with Crippen LogP contribution in [0.1, 0.15) is 18.9 Å². The van der Waals surface area contributed by atoms with Gasteiger partial charge in [-0.15, -0.1) is 24.0 Å². The number of nitrogens with one attached hydrogen (secondary N) is 2. The van der Waals surface area contributed by atoms with E-state index in [4.69, 9.17) is 9.47 Å². The van der Waals surface area contributed by atoms with E-state index in [-0.39, 0.29) is 24.0 Å². The van der Waals surface area contributed by atoms with Crippen LogP contribution < -0.4 is 20.1 Å². The van der Waals surface area contributed by atoms with Crippen molar-refractivity contribution in [3.05, 3.63) is 54.4 Å². The Hall–Kier alpha value is -2.49. The van der Waals surface area contributed by atoms with Gasteiger partial charge in [-0.05, 0) is 37.6 Å². The van der Waals surface area contributed by atoms with Crippen molar-refractivity contribution in [1.82, 2.24) is 20.2 Å². The molecule has 30 heavy (non-hydrogen) atoms. The number of guanidine groups is 1. The van der Waals surface area contributed by atoms with Crippen molar-refractivity contribution < 1.29 is 9.47 Å². The quantitative estimate of drug-likeness (QED) is 0.193. The Kier molecular flexibility index (Phi) is 9.72. The highest BCUT2D eigenvalue weighted by molar-refractivity contribution is 14.0. The predicted molar refractivity (Wildman–Crippen MR) is 132 cm³/mol. The number of aromatic nitrogens is 2. The van der Waals surface area contributed by atoms with Crippen LogP contribution in [-0.4, -0.2) is 42.8 Å². The van der Waals surface area contributed by atoms with E-state index in [9.17, 15) is 0 Å². The highest BCUT2D eigenvalue weighted by Gasteiger charge is 2.06. The number of benzene rings is 2. The van der Waals surface area contributed by atoms with Crippen LogP contribution in [0.2, 0.25) is 0 Å². The van der Waals surface area contributed by atoms with Crippen LogP contribution in [0.5, 0.6) is 11.5 Å². The zero-order valence-electron chi connectivity index (χ0n) is 17.7. The number of ether oxygens (including phenoxy) is 2. The van der Waals surface area contributed by atoms with Gasteiger partial charge in [0.05, 0.1) is 38.1 Å². The molecule has 1 heterocycles. The number of para-hydroxylation sites is 2. The average Bonchev–Trinajstić information content (AvgIpc) is 3.18. The van der Waals surface area contributed by atoms with E-state index in [2.05, 4.69) is 38.2 Å². The van der Waals surface area contributed by atoms with Gasteiger partial charge in [0.25, 0.3) is 0 Å². The summed E-state index contributed by atoms with van der Waals surface area (Å²) in [6.07, 6.45) is 2.87. The molecular formula is C22H30IN5O2. The van der Waals surface area contributed by atoms with Gasteiger partial charge < -0.3 is 24.7 Å². The molecule has 3 rings (SSSR count). The minimum absolute atomic E-state index is 0. The fourth-order valence-corrected chi connectivity index (χ4v) is 3.13. The monoisotopic (exact) mass is 523 g/mol. The van der Waals surface area contributed by atoms with Crippen molar-refractivity contribution in [1.29, 1.82) is 0 Å². The van der Waals surface area contributed by atoms with Gasteiger partial charge in [0.2, 0.25) is 0 Å². The SMILES string of the molecule is CCNC(=NCc1ccc(OC)cc1OC)NCCCn1cnc2ccccc21.I. The molecule has 0 aliphatic carbocycles. The first-order valence-electron chi connectivity index (χ1n) is 9.88. The standard InChI is InChI=1S/C22H29N5O2.HI/c1-4-23-22(25-15-17-10-11-18(28-2)14-21(17)29-3)24-12-7-13-27-16-26-19-8-5-6-9-20(19)27;/h5-6,8-11,14,16H,4,7,12-13,15H2,1-3H3,(H2,23,24,25);1H. The van der Waals surface area contributed by atoms with Crippen LogP contribution in [0.4, 0.5) is 0 Å². The summed E-state index contributed by atoms with van der Waals surface area (Å²) in [5.41, 5.74) is 3.21. The number of fused-ring (bicyclic) bond motifs is 1. The molecule has 1 aromatic heterocycles. The molecule has 2 N–H and O–H groups in total. The molecule has 162 valence electrons. The first-order valence-corrected chi connectivity index (χ1v) is 9.88. The molecule has 3 aromatic rings. The zero-order chi connectivity index (χ0) is 20.5. The second-order valence-electron chi connectivity index (χ2n) is 6.58.